The molecule has 1 saturated carbocycles. The number of benzene rings is 3. The minimum atomic E-state index is -0.755. The second kappa shape index (κ2) is 8.75. The first-order valence-corrected chi connectivity index (χ1v) is 11.8. The Morgan fingerprint density at radius 2 is 1.81 bits per heavy atom. The maximum atomic E-state index is 14.9. The van der Waals surface area contributed by atoms with Gasteiger partial charge in [-0.2, -0.15) is 4.80 Å². The molecular formula is C27H23FN4O4. The average Bonchev–Trinajstić information content (AvgIpc) is 3.40. The van der Waals surface area contributed by atoms with Gasteiger partial charge < -0.3 is 14.6 Å². The van der Waals surface area contributed by atoms with Crippen LogP contribution in [0.25, 0.3) is 11.4 Å². The summed E-state index contributed by atoms with van der Waals surface area (Å²) in [5, 5.41) is 21.2. The summed E-state index contributed by atoms with van der Waals surface area (Å²) in [6.07, 6.45) is 1.51. The van der Waals surface area contributed by atoms with Crippen LogP contribution in [-0.2, 0) is 18.3 Å². The van der Waals surface area contributed by atoms with Gasteiger partial charge in [-0.1, -0.05) is 12.1 Å². The summed E-state index contributed by atoms with van der Waals surface area (Å²) in [7, 11) is 1.71. The lowest BCUT2D eigenvalue weighted by atomic mass is 10.1. The van der Waals surface area contributed by atoms with Crippen molar-refractivity contribution in [1.29, 1.82) is 0 Å². The Morgan fingerprint density at radius 3 is 2.47 bits per heavy atom. The van der Waals surface area contributed by atoms with Crippen LogP contribution in [0, 0.1) is 11.7 Å². The molecule has 2 aliphatic rings. The predicted molar refractivity (Wildman–Crippen MR) is 127 cm³/mol. The highest BCUT2D eigenvalue weighted by Gasteiger charge is 2.44. The number of aromatic nitrogens is 4. The van der Waals surface area contributed by atoms with E-state index in [9.17, 15) is 9.18 Å². The lowest BCUT2D eigenvalue weighted by Gasteiger charge is -2.17. The Hall–Kier alpha value is -4.27. The van der Waals surface area contributed by atoms with Crippen LogP contribution < -0.4 is 9.47 Å². The zero-order valence-electron chi connectivity index (χ0n) is 19.5. The summed E-state index contributed by atoms with van der Waals surface area (Å²) in [5.41, 5.74) is 3.13. The summed E-state index contributed by atoms with van der Waals surface area (Å²) in [4.78, 5) is 12.5. The lowest BCUT2D eigenvalue weighted by Crippen LogP contribution is -2.06. The molecule has 6 rings (SSSR count). The van der Waals surface area contributed by atoms with E-state index in [4.69, 9.17) is 14.6 Å². The van der Waals surface area contributed by atoms with Gasteiger partial charge in [-0.15, -0.1) is 10.2 Å². The molecule has 36 heavy (non-hydrogen) atoms. The highest BCUT2D eigenvalue weighted by molar-refractivity contribution is 5.75. The largest absolute Gasteiger partial charge is 0.486 e. The smallest absolute Gasteiger partial charge is 0.307 e. The monoisotopic (exact) mass is 486 g/mol. The first kappa shape index (κ1) is 22.2. The quantitative estimate of drug-likeness (QED) is 0.390. The Kier molecular flexibility index (Phi) is 5.40. The van der Waals surface area contributed by atoms with Crippen LogP contribution in [0.15, 0.2) is 60.7 Å². The minimum Gasteiger partial charge on any atom is -0.486 e. The van der Waals surface area contributed by atoms with E-state index in [-0.39, 0.29) is 17.7 Å². The van der Waals surface area contributed by atoms with E-state index in [1.165, 1.54) is 10.9 Å². The number of tetrazole rings is 1. The lowest BCUT2D eigenvalue weighted by molar-refractivity contribution is -0.138. The molecule has 0 aliphatic heterocycles. The van der Waals surface area contributed by atoms with E-state index in [2.05, 4.69) is 15.4 Å². The summed E-state index contributed by atoms with van der Waals surface area (Å²) >= 11 is 0. The van der Waals surface area contributed by atoms with Crippen molar-refractivity contribution in [2.45, 2.75) is 31.3 Å². The summed E-state index contributed by atoms with van der Waals surface area (Å²) in [5.74, 6) is 1.07. The van der Waals surface area contributed by atoms with Crippen LogP contribution in [0.5, 0.6) is 17.2 Å². The van der Waals surface area contributed by atoms with Crippen LogP contribution in [0.4, 0.5) is 4.39 Å². The van der Waals surface area contributed by atoms with Crippen molar-refractivity contribution >= 4 is 5.97 Å². The molecule has 0 bridgehead atoms. The molecule has 2 aliphatic carbocycles. The second-order valence-corrected chi connectivity index (χ2v) is 9.17. The van der Waals surface area contributed by atoms with Crippen LogP contribution in [-0.4, -0.2) is 31.3 Å². The molecule has 2 unspecified atom stereocenters. The molecule has 9 heteroatoms. The van der Waals surface area contributed by atoms with Gasteiger partial charge in [-0.25, -0.2) is 4.39 Å². The highest BCUT2D eigenvalue weighted by Crippen LogP contribution is 2.48. The van der Waals surface area contributed by atoms with Crippen molar-refractivity contribution in [3.63, 3.8) is 0 Å². The summed E-state index contributed by atoms with van der Waals surface area (Å²) in [6, 6.07) is 17.9. The maximum Gasteiger partial charge on any atom is 0.307 e. The summed E-state index contributed by atoms with van der Waals surface area (Å²) < 4.78 is 27.2. The normalized spacial score (nSPS) is 20.1. The van der Waals surface area contributed by atoms with Crippen molar-refractivity contribution in [3.05, 3.63) is 83.2 Å². The molecule has 8 nitrogen and oxygen atoms in total. The number of aliphatic carboxylic acids is 1. The highest BCUT2D eigenvalue weighted by atomic mass is 19.1. The van der Waals surface area contributed by atoms with E-state index in [1.807, 2.05) is 48.5 Å². The zero-order valence-corrected chi connectivity index (χ0v) is 19.5. The number of nitrogens with zero attached hydrogens (tertiary/aromatic N) is 4. The molecule has 1 N–H and O–H groups in total. The molecule has 0 spiro atoms. The van der Waals surface area contributed by atoms with Gasteiger partial charge in [0.25, 0.3) is 0 Å². The van der Waals surface area contributed by atoms with Crippen LogP contribution in [0.2, 0.25) is 0 Å². The van der Waals surface area contributed by atoms with Gasteiger partial charge in [-0.05, 0) is 84.5 Å². The molecule has 1 fully saturated rings. The third-order valence-electron chi connectivity index (χ3n) is 6.78. The van der Waals surface area contributed by atoms with Crippen LogP contribution in [0.1, 0.15) is 41.6 Å². The summed E-state index contributed by atoms with van der Waals surface area (Å²) in [6.45, 7) is 0. The Morgan fingerprint density at radius 1 is 1.06 bits per heavy atom. The van der Waals surface area contributed by atoms with E-state index >= 15 is 0 Å². The number of fused-ring (bicyclic) bond motifs is 1. The number of aryl methyl sites for hydroxylation is 1. The van der Waals surface area contributed by atoms with Gasteiger partial charge in [0.15, 0.2) is 0 Å². The fraction of sp³-hybridized carbons (Fsp3) is 0.259. The molecule has 0 saturated heterocycles. The van der Waals surface area contributed by atoms with E-state index < -0.39 is 12.1 Å². The topological polar surface area (TPSA) is 99.4 Å². The van der Waals surface area contributed by atoms with Gasteiger partial charge in [0.05, 0.1) is 13.0 Å². The van der Waals surface area contributed by atoms with E-state index in [0.29, 0.717) is 47.9 Å². The van der Waals surface area contributed by atoms with Crippen molar-refractivity contribution < 1.29 is 23.8 Å². The van der Waals surface area contributed by atoms with Crippen LogP contribution >= 0.6 is 0 Å². The van der Waals surface area contributed by atoms with Crippen molar-refractivity contribution in [2.24, 2.45) is 13.0 Å². The fourth-order valence-electron chi connectivity index (χ4n) is 4.85. The van der Waals surface area contributed by atoms with E-state index in [0.717, 1.165) is 16.7 Å². The number of rotatable bonds is 7. The van der Waals surface area contributed by atoms with Gasteiger partial charge in [0.2, 0.25) is 5.82 Å². The van der Waals surface area contributed by atoms with Gasteiger partial charge in [-0.3, -0.25) is 4.79 Å². The number of halogens is 1. The van der Waals surface area contributed by atoms with E-state index in [1.54, 1.807) is 13.1 Å². The van der Waals surface area contributed by atoms with Crippen molar-refractivity contribution in [3.8, 4) is 28.6 Å². The van der Waals surface area contributed by atoms with Gasteiger partial charge in [0, 0.05) is 16.7 Å². The SMILES string of the molecule is Cn1nnc(-c2ccc(Oc3ccc(F)c4c3CCC4Oc3ccc(C4C[C@@H]4C(=O)O)cc3)cc2)n1. The first-order chi connectivity index (χ1) is 17.5. The van der Waals surface area contributed by atoms with Gasteiger partial charge >= 0.3 is 5.97 Å². The van der Waals surface area contributed by atoms with Crippen molar-refractivity contribution in [2.75, 3.05) is 0 Å². The first-order valence-electron chi connectivity index (χ1n) is 11.8. The van der Waals surface area contributed by atoms with Gasteiger partial charge in [0.1, 0.15) is 29.2 Å². The number of carboxylic acids is 1. The Bertz CT molecular complexity index is 1440. The number of carbonyl (C=O) groups is 1. The van der Waals surface area contributed by atoms with Crippen molar-refractivity contribution in [1.82, 2.24) is 20.2 Å². The third kappa shape index (κ3) is 4.17. The number of hydrogen-bond donors (Lipinski definition) is 1. The molecule has 1 heterocycles. The number of hydrogen-bond acceptors (Lipinski definition) is 6. The number of ether oxygens (including phenoxy) is 2. The zero-order chi connectivity index (χ0) is 24.8. The Labute approximate surface area is 206 Å². The molecule has 1 aromatic heterocycles. The average molecular weight is 487 g/mol. The minimum absolute atomic E-state index is 0.0619. The maximum absolute atomic E-state index is 14.9. The molecule has 4 aromatic rings. The Balaban J connectivity index is 1.17. The third-order valence-corrected chi connectivity index (χ3v) is 6.78. The molecule has 0 amide bonds. The fourth-order valence-corrected chi connectivity index (χ4v) is 4.85. The number of carboxylic acid groups (broad SMARTS) is 1. The molecule has 3 aromatic carbocycles. The predicted octanol–water partition coefficient (Wildman–Crippen LogP) is 5.06. The molecular weight excluding hydrogens is 463 g/mol. The molecule has 0 radical (unpaired) electrons. The molecule has 3 atom stereocenters. The standard InChI is InChI=1S/C27H23FN4O4/c1-32-30-26(29-31-32)16-4-8-17(9-5-16)35-23-13-11-22(28)25-19(23)10-12-24(25)36-18-6-2-15(3-7-18)20-14-21(20)27(33)34/h2-9,11,13,20-21,24H,10,12,14H2,1H3,(H,33,34)/t20?,21-,24?/m0/s1. The molecule has 182 valence electrons. The second-order valence-electron chi connectivity index (χ2n) is 9.17. The van der Waals surface area contributed by atoms with Crippen LogP contribution in [0.3, 0.4) is 0 Å².